The summed E-state index contributed by atoms with van der Waals surface area (Å²) in [5.41, 5.74) is 4.59. The zero-order valence-electron chi connectivity index (χ0n) is 15.0. The van der Waals surface area contributed by atoms with Gasteiger partial charge in [0.2, 0.25) is 0 Å². The Bertz CT molecular complexity index is 820. The van der Waals surface area contributed by atoms with E-state index >= 15 is 0 Å². The number of nitrogens with one attached hydrogen (secondary N) is 1. The summed E-state index contributed by atoms with van der Waals surface area (Å²) in [7, 11) is -0.543. The lowest BCUT2D eigenvalue weighted by molar-refractivity contribution is 0.466. The highest BCUT2D eigenvalue weighted by Crippen LogP contribution is 2.51. The van der Waals surface area contributed by atoms with E-state index in [-0.39, 0.29) is 9.30 Å². The fourth-order valence-corrected chi connectivity index (χ4v) is 4.54. The number of aliphatic imine (C=N–C) groups is 1. The molecular formula is C18H26N3O2S2+. The minimum Gasteiger partial charge on any atom is -0.260 e. The first-order valence-electron chi connectivity index (χ1n) is 8.51. The average Bonchev–Trinajstić information content (AvgIpc) is 3.35. The molecule has 2 N–H and O–H groups in total. The van der Waals surface area contributed by atoms with Crippen LogP contribution in [-0.2, 0) is 16.6 Å². The molecule has 1 aromatic rings. The van der Waals surface area contributed by atoms with Crippen molar-refractivity contribution in [3.05, 3.63) is 40.9 Å². The van der Waals surface area contributed by atoms with Gasteiger partial charge in [-0.05, 0) is 36.7 Å². The highest BCUT2D eigenvalue weighted by molar-refractivity contribution is 8.02. The molecule has 0 radical (unpaired) electrons. The van der Waals surface area contributed by atoms with Crippen molar-refractivity contribution in [2.75, 3.05) is 19.8 Å². The molecule has 2 aliphatic rings. The average molecular weight is 381 g/mol. The summed E-state index contributed by atoms with van der Waals surface area (Å²) >= 11 is 1.85. The Balaban J connectivity index is 1.79. The molecule has 3 rings (SSSR count). The van der Waals surface area contributed by atoms with Crippen LogP contribution in [0.2, 0.25) is 0 Å². The van der Waals surface area contributed by atoms with Gasteiger partial charge in [-0.25, -0.2) is 0 Å². The Kier molecular flexibility index (Phi) is 4.87. The van der Waals surface area contributed by atoms with Gasteiger partial charge in [0, 0.05) is 34.7 Å². The van der Waals surface area contributed by atoms with Gasteiger partial charge >= 0.3 is 10.2 Å². The standard InChI is InChI=1S/C18H25N3O2S2/c1-4-15-12-24-13-17(20-15)18(9-10-18)11-14-5-7-16(8-6-14)21(2,3)25(19,22)23/h5-8,12H,4,9-11,13H2,1-3H3,(H-,19,22,23)/p+1. The second-order valence-electron chi connectivity index (χ2n) is 7.30. The molecule has 1 unspecified atom stereocenters. The molecule has 0 spiro atoms. The van der Waals surface area contributed by atoms with E-state index in [1.807, 2.05) is 36.0 Å². The minimum atomic E-state index is -3.71. The number of nitrogens with zero attached hydrogens (tertiary/aromatic N) is 2. The van der Waals surface area contributed by atoms with E-state index in [9.17, 15) is 8.76 Å². The van der Waals surface area contributed by atoms with Gasteiger partial charge in [0.25, 0.3) is 0 Å². The zero-order valence-corrected chi connectivity index (χ0v) is 16.6. The molecule has 1 aromatic carbocycles. The number of rotatable bonds is 6. The van der Waals surface area contributed by atoms with Crippen LogP contribution in [0, 0.1) is 10.2 Å². The third-order valence-corrected chi connectivity index (χ3v) is 7.59. The van der Waals surface area contributed by atoms with Gasteiger partial charge in [-0.15, -0.1) is 11.8 Å². The first-order valence-corrected chi connectivity index (χ1v) is 11.0. The fraction of sp³-hybridized carbons (Fsp3) is 0.500. The molecule has 136 valence electrons. The molecule has 25 heavy (non-hydrogen) atoms. The van der Waals surface area contributed by atoms with Crippen LogP contribution < -0.4 is 3.89 Å². The van der Waals surface area contributed by atoms with Gasteiger partial charge in [-0.2, -0.15) is 12.9 Å². The molecule has 1 saturated carbocycles. The number of hydrogen-bond donors (Lipinski definition) is 2. The quantitative estimate of drug-likeness (QED) is 0.716. The monoisotopic (exact) mass is 380 g/mol. The van der Waals surface area contributed by atoms with Crippen LogP contribution in [0.5, 0.6) is 0 Å². The first kappa shape index (κ1) is 18.6. The molecule has 1 heterocycles. The molecule has 1 aliphatic heterocycles. The molecule has 0 bridgehead atoms. The molecule has 7 heteroatoms. The lowest BCUT2D eigenvalue weighted by Gasteiger charge is -2.26. The number of quaternary nitrogens is 1. The Labute approximate surface area is 154 Å². The van der Waals surface area contributed by atoms with E-state index in [2.05, 4.69) is 12.3 Å². The SMILES string of the molecule is CCC1=CSCC(C2(Cc3ccc([N+](C)(C)S(=N)(=O)O)cc3)CC2)=N1. The van der Waals surface area contributed by atoms with Crippen molar-refractivity contribution in [2.24, 2.45) is 10.4 Å². The molecule has 0 aromatic heterocycles. The molecule has 1 fully saturated rings. The Morgan fingerprint density at radius 1 is 1.32 bits per heavy atom. The molecule has 0 amide bonds. The first-order chi connectivity index (χ1) is 11.7. The summed E-state index contributed by atoms with van der Waals surface area (Å²) in [5.74, 6) is 0.983. The lowest BCUT2D eigenvalue weighted by Crippen LogP contribution is -2.45. The topological polar surface area (TPSA) is 73.5 Å². The highest BCUT2D eigenvalue weighted by atomic mass is 32.2. The van der Waals surface area contributed by atoms with Crippen molar-refractivity contribution < 1.29 is 8.76 Å². The Morgan fingerprint density at radius 2 is 1.96 bits per heavy atom. The summed E-state index contributed by atoms with van der Waals surface area (Å²) in [6.07, 6.45) is 4.31. The van der Waals surface area contributed by atoms with Crippen molar-refractivity contribution in [1.29, 1.82) is 4.78 Å². The van der Waals surface area contributed by atoms with Crippen LogP contribution >= 0.6 is 11.8 Å². The van der Waals surface area contributed by atoms with Crippen LogP contribution in [-0.4, -0.2) is 34.3 Å². The van der Waals surface area contributed by atoms with Gasteiger partial charge in [-0.1, -0.05) is 19.1 Å². The summed E-state index contributed by atoms with van der Waals surface area (Å²) in [6.45, 7) is 2.14. The third kappa shape index (κ3) is 3.69. The molecule has 1 aliphatic carbocycles. The van der Waals surface area contributed by atoms with Gasteiger partial charge in [-0.3, -0.25) is 9.55 Å². The number of thioether (sulfide) groups is 1. The summed E-state index contributed by atoms with van der Waals surface area (Å²) < 4.78 is 28.5. The maximum absolute atomic E-state index is 11.8. The third-order valence-electron chi connectivity index (χ3n) is 5.27. The van der Waals surface area contributed by atoms with Gasteiger partial charge in [0.15, 0.2) is 0 Å². The van der Waals surface area contributed by atoms with E-state index in [4.69, 9.17) is 9.77 Å². The molecular weight excluding hydrogens is 354 g/mol. The maximum Gasteiger partial charge on any atom is 0.327 e. The number of allylic oxidation sites excluding steroid dienone is 1. The van der Waals surface area contributed by atoms with Crippen molar-refractivity contribution in [3.8, 4) is 0 Å². The predicted octanol–water partition coefficient (Wildman–Crippen LogP) is 4.45. The summed E-state index contributed by atoms with van der Waals surface area (Å²) in [4.78, 5) is 4.88. The van der Waals surface area contributed by atoms with Crippen molar-refractivity contribution in [1.82, 2.24) is 3.89 Å². The van der Waals surface area contributed by atoms with Gasteiger partial charge < -0.3 is 0 Å². The fourth-order valence-electron chi connectivity index (χ4n) is 3.11. The van der Waals surface area contributed by atoms with Crippen molar-refractivity contribution in [2.45, 2.75) is 32.6 Å². The maximum atomic E-state index is 11.8. The van der Waals surface area contributed by atoms with Gasteiger partial charge in [0.1, 0.15) is 5.69 Å². The summed E-state index contributed by atoms with van der Waals surface area (Å²) in [6, 6.07) is 7.77. The van der Waals surface area contributed by atoms with E-state index in [1.165, 1.54) is 29.8 Å². The normalized spacial score (nSPS) is 21.9. The largest absolute Gasteiger partial charge is 0.327 e. The van der Waals surface area contributed by atoms with Crippen LogP contribution in [0.25, 0.3) is 0 Å². The van der Waals surface area contributed by atoms with E-state index < -0.39 is 10.2 Å². The molecule has 5 nitrogen and oxygen atoms in total. The second-order valence-corrected chi connectivity index (χ2v) is 10.1. The second kappa shape index (κ2) is 6.54. The smallest absolute Gasteiger partial charge is 0.260 e. The predicted molar refractivity (Wildman–Crippen MR) is 107 cm³/mol. The van der Waals surface area contributed by atoms with Crippen LogP contribution in [0.3, 0.4) is 0 Å². The Morgan fingerprint density at radius 3 is 2.48 bits per heavy atom. The summed E-state index contributed by atoms with van der Waals surface area (Å²) in [5, 5.41) is 2.17. The van der Waals surface area contributed by atoms with Crippen LogP contribution in [0.15, 0.2) is 40.4 Å². The minimum absolute atomic E-state index is 0.202. The van der Waals surface area contributed by atoms with Crippen molar-refractivity contribution >= 4 is 33.4 Å². The number of benzene rings is 1. The van der Waals surface area contributed by atoms with Crippen molar-refractivity contribution in [3.63, 3.8) is 0 Å². The highest BCUT2D eigenvalue weighted by Gasteiger charge is 2.47. The van der Waals surface area contributed by atoms with E-state index in [1.54, 1.807) is 14.1 Å². The van der Waals surface area contributed by atoms with Crippen LogP contribution in [0.1, 0.15) is 31.7 Å². The zero-order chi connectivity index (χ0) is 18.3. The molecule has 1 atom stereocenters. The van der Waals surface area contributed by atoms with E-state index in [0.29, 0.717) is 5.69 Å². The molecule has 0 saturated heterocycles. The number of hydrogen-bond acceptors (Lipinski definition) is 4. The van der Waals surface area contributed by atoms with E-state index in [0.717, 1.165) is 18.6 Å². The van der Waals surface area contributed by atoms with Crippen LogP contribution in [0.4, 0.5) is 5.69 Å². The van der Waals surface area contributed by atoms with Gasteiger partial charge in [0.05, 0.1) is 14.1 Å². The lowest BCUT2D eigenvalue weighted by atomic mass is 9.91. The Hall–Kier alpha value is -1.15.